The Hall–Kier alpha value is -2.63. The number of nitrogens with zero attached hydrogens (tertiary/aromatic N) is 3. The zero-order valence-electron chi connectivity index (χ0n) is 9.49. The highest BCUT2D eigenvalue weighted by atomic mass is 16.5. The summed E-state index contributed by atoms with van der Waals surface area (Å²) in [5, 5.41) is 16.9. The Bertz CT molecular complexity index is 687. The molecule has 0 spiro atoms. The number of benzene rings is 1. The Morgan fingerprint density at radius 1 is 1.22 bits per heavy atom. The van der Waals surface area contributed by atoms with Gasteiger partial charge in [0.15, 0.2) is 0 Å². The van der Waals surface area contributed by atoms with Crippen molar-refractivity contribution >= 4 is 0 Å². The van der Waals surface area contributed by atoms with E-state index in [1.165, 1.54) is 6.20 Å². The molecule has 6 nitrogen and oxygen atoms in total. The minimum atomic E-state index is 0.153. The SMILES string of the molecule is Cc1oncc1-c1nc(-c2cccc(O)c2)no1. The molecule has 0 fully saturated rings. The maximum absolute atomic E-state index is 9.40. The van der Waals surface area contributed by atoms with Crippen molar-refractivity contribution in [3.05, 3.63) is 36.2 Å². The zero-order valence-corrected chi connectivity index (χ0v) is 9.49. The highest BCUT2D eigenvalue weighted by Crippen LogP contribution is 2.25. The third kappa shape index (κ3) is 1.73. The van der Waals surface area contributed by atoms with Gasteiger partial charge in [0.2, 0.25) is 5.82 Å². The van der Waals surface area contributed by atoms with Crippen molar-refractivity contribution in [3.8, 4) is 28.6 Å². The number of rotatable bonds is 2. The maximum atomic E-state index is 9.40. The number of aromatic nitrogens is 3. The normalized spacial score (nSPS) is 10.7. The van der Waals surface area contributed by atoms with Gasteiger partial charge >= 0.3 is 0 Å². The standard InChI is InChI=1S/C12H9N3O3/c1-7-10(6-13-17-7)12-14-11(15-18-12)8-3-2-4-9(16)5-8/h2-6,16H,1H3. The molecule has 6 heteroatoms. The molecule has 3 rings (SSSR count). The second kappa shape index (κ2) is 3.99. The molecule has 0 radical (unpaired) electrons. The summed E-state index contributed by atoms with van der Waals surface area (Å²) in [5.41, 5.74) is 1.34. The summed E-state index contributed by atoms with van der Waals surface area (Å²) in [5.74, 6) is 1.51. The fraction of sp³-hybridized carbons (Fsp3) is 0.0833. The third-order valence-electron chi connectivity index (χ3n) is 2.51. The topological polar surface area (TPSA) is 85.2 Å². The van der Waals surface area contributed by atoms with Crippen LogP contribution in [0.25, 0.3) is 22.8 Å². The first-order valence-electron chi connectivity index (χ1n) is 5.29. The van der Waals surface area contributed by atoms with E-state index in [0.717, 1.165) is 0 Å². The van der Waals surface area contributed by atoms with E-state index in [4.69, 9.17) is 9.05 Å². The molecule has 1 aromatic carbocycles. The Kier molecular flexibility index (Phi) is 2.33. The molecule has 0 aliphatic carbocycles. The van der Waals surface area contributed by atoms with Gasteiger partial charge in [0.25, 0.3) is 5.89 Å². The first-order valence-corrected chi connectivity index (χ1v) is 5.29. The second-order valence-corrected chi connectivity index (χ2v) is 3.77. The monoisotopic (exact) mass is 243 g/mol. The van der Waals surface area contributed by atoms with Gasteiger partial charge in [-0.05, 0) is 19.1 Å². The molecule has 0 saturated carbocycles. The lowest BCUT2D eigenvalue weighted by molar-refractivity contribution is 0.395. The third-order valence-corrected chi connectivity index (χ3v) is 2.51. The summed E-state index contributed by atoms with van der Waals surface area (Å²) < 4.78 is 10.1. The highest BCUT2D eigenvalue weighted by Gasteiger charge is 2.15. The van der Waals surface area contributed by atoms with Crippen molar-refractivity contribution < 1.29 is 14.2 Å². The molecule has 0 aliphatic heterocycles. The Balaban J connectivity index is 2.02. The van der Waals surface area contributed by atoms with E-state index < -0.39 is 0 Å². The van der Waals surface area contributed by atoms with Gasteiger partial charge in [-0.15, -0.1) is 0 Å². The summed E-state index contributed by atoms with van der Waals surface area (Å²) in [6.45, 7) is 1.76. The summed E-state index contributed by atoms with van der Waals surface area (Å²) >= 11 is 0. The summed E-state index contributed by atoms with van der Waals surface area (Å²) in [7, 11) is 0. The number of phenols is 1. The van der Waals surface area contributed by atoms with Crippen LogP contribution in [-0.4, -0.2) is 20.4 Å². The number of aromatic hydroxyl groups is 1. The van der Waals surface area contributed by atoms with E-state index in [9.17, 15) is 5.11 Å². The van der Waals surface area contributed by atoms with Gasteiger partial charge in [-0.1, -0.05) is 22.4 Å². The van der Waals surface area contributed by atoms with E-state index >= 15 is 0 Å². The maximum Gasteiger partial charge on any atom is 0.263 e. The molecule has 0 aliphatic rings. The van der Waals surface area contributed by atoms with Gasteiger partial charge in [-0.25, -0.2) is 0 Å². The quantitative estimate of drug-likeness (QED) is 0.743. The van der Waals surface area contributed by atoms with Crippen molar-refractivity contribution in [2.24, 2.45) is 0 Å². The van der Waals surface area contributed by atoms with E-state index in [0.29, 0.717) is 28.6 Å². The van der Waals surface area contributed by atoms with Gasteiger partial charge in [-0.2, -0.15) is 4.98 Å². The van der Waals surface area contributed by atoms with Crippen LogP contribution in [0.2, 0.25) is 0 Å². The van der Waals surface area contributed by atoms with Crippen molar-refractivity contribution in [2.75, 3.05) is 0 Å². The molecule has 1 N–H and O–H groups in total. The smallest absolute Gasteiger partial charge is 0.263 e. The predicted octanol–water partition coefficient (Wildman–Crippen LogP) is 2.41. The largest absolute Gasteiger partial charge is 0.508 e. The van der Waals surface area contributed by atoms with E-state index in [2.05, 4.69) is 15.3 Å². The van der Waals surface area contributed by atoms with Gasteiger partial charge in [0.05, 0.1) is 6.20 Å². The van der Waals surface area contributed by atoms with Crippen LogP contribution in [-0.2, 0) is 0 Å². The number of phenolic OH excluding ortho intramolecular Hbond substituents is 1. The minimum Gasteiger partial charge on any atom is -0.508 e. The fourth-order valence-corrected chi connectivity index (χ4v) is 1.60. The van der Waals surface area contributed by atoms with Crippen molar-refractivity contribution in [3.63, 3.8) is 0 Å². The first kappa shape index (κ1) is 10.5. The average Bonchev–Trinajstić information content (AvgIpc) is 2.97. The van der Waals surface area contributed by atoms with Crippen LogP contribution in [0.5, 0.6) is 5.75 Å². The molecule has 2 heterocycles. The van der Waals surface area contributed by atoms with E-state index in [1.807, 2.05) is 0 Å². The molecule has 2 aromatic heterocycles. The summed E-state index contributed by atoms with van der Waals surface area (Å²) in [6, 6.07) is 6.64. The molecule has 18 heavy (non-hydrogen) atoms. The van der Waals surface area contributed by atoms with Crippen LogP contribution < -0.4 is 0 Å². The molecule has 0 bridgehead atoms. The van der Waals surface area contributed by atoms with Crippen molar-refractivity contribution in [2.45, 2.75) is 6.92 Å². The lowest BCUT2D eigenvalue weighted by atomic mass is 10.2. The average molecular weight is 243 g/mol. The van der Waals surface area contributed by atoms with Crippen LogP contribution in [0.3, 0.4) is 0 Å². The first-order chi connectivity index (χ1) is 8.74. The van der Waals surface area contributed by atoms with Gasteiger partial charge in [0.1, 0.15) is 17.1 Å². The number of hydrogen-bond donors (Lipinski definition) is 1. The molecule has 90 valence electrons. The van der Waals surface area contributed by atoms with Gasteiger partial charge < -0.3 is 14.2 Å². The highest BCUT2D eigenvalue weighted by molar-refractivity contribution is 5.61. The van der Waals surface area contributed by atoms with Crippen LogP contribution in [0.4, 0.5) is 0 Å². The fourth-order valence-electron chi connectivity index (χ4n) is 1.60. The second-order valence-electron chi connectivity index (χ2n) is 3.77. The molecular formula is C12H9N3O3. The molecule has 0 unspecified atom stereocenters. The van der Waals surface area contributed by atoms with Gasteiger partial charge in [-0.3, -0.25) is 0 Å². The van der Waals surface area contributed by atoms with Crippen LogP contribution in [0, 0.1) is 6.92 Å². The van der Waals surface area contributed by atoms with Gasteiger partial charge in [0, 0.05) is 5.56 Å². The van der Waals surface area contributed by atoms with E-state index in [1.54, 1.807) is 31.2 Å². The molecule has 0 atom stereocenters. The van der Waals surface area contributed by atoms with Crippen molar-refractivity contribution in [1.82, 2.24) is 15.3 Å². The molecule has 3 aromatic rings. The Morgan fingerprint density at radius 2 is 2.11 bits per heavy atom. The summed E-state index contributed by atoms with van der Waals surface area (Å²) in [4.78, 5) is 4.24. The molecular weight excluding hydrogens is 234 g/mol. The molecule has 0 saturated heterocycles. The Labute approximate surface area is 102 Å². The van der Waals surface area contributed by atoms with Crippen LogP contribution in [0.15, 0.2) is 39.5 Å². The number of hydrogen-bond acceptors (Lipinski definition) is 6. The number of aryl methyl sites for hydroxylation is 1. The minimum absolute atomic E-state index is 0.153. The summed E-state index contributed by atoms with van der Waals surface area (Å²) in [6.07, 6.45) is 1.52. The van der Waals surface area contributed by atoms with Crippen LogP contribution in [0.1, 0.15) is 5.76 Å². The van der Waals surface area contributed by atoms with Crippen molar-refractivity contribution in [1.29, 1.82) is 0 Å². The predicted molar refractivity (Wildman–Crippen MR) is 61.6 cm³/mol. The zero-order chi connectivity index (χ0) is 12.5. The lowest BCUT2D eigenvalue weighted by Gasteiger charge is -1.94. The Morgan fingerprint density at radius 3 is 2.83 bits per heavy atom. The van der Waals surface area contributed by atoms with E-state index in [-0.39, 0.29) is 5.75 Å². The molecule has 0 amide bonds. The lowest BCUT2D eigenvalue weighted by Crippen LogP contribution is -1.81. The van der Waals surface area contributed by atoms with Crippen LogP contribution >= 0.6 is 0 Å².